The molecule has 0 radical (unpaired) electrons. The molecule has 9 nitrogen and oxygen atoms in total. The van der Waals surface area contributed by atoms with Gasteiger partial charge in [-0.1, -0.05) is 36.0 Å². The molecule has 2 aromatic carbocycles. The SMILES string of the molecule is COC(=O)c1c(-c2ccc3c(c2)OCCO3)csc1NC(=O)C(C)Sc1nnc2ccc3ccccc3n12. The molecule has 0 bridgehead atoms. The summed E-state index contributed by atoms with van der Waals surface area (Å²) >= 11 is 2.56. The van der Waals surface area contributed by atoms with Crippen LogP contribution in [-0.2, 0) is 9.53 Å². The van der Waals surface area contributed by atoms with Gasteiger partial charge in [-0.2, -0.15) is 0 Å². The standard InChI is InChI=1S/C27H22N4O5S2/c1-15(38-27-30-29-22-10-8-16-5-3-4-6-19(16)31(22)27)24(32)28-25-23(26(33)34-2)18(14-37-25)17-7-9-20-21(13-17)36-12-11-35-20/h3-10,13-15H,11-12H2,1-2H3,(H,28,32). The maximum Gasteiger partial charge on any atom is 0.341 e. The number of carbonyl (C=O) groups excluding carboxylic acids is 2. The summed E-state index contributed by atoms with van der Waals surface area (Å²) in [4.78, 5) is 26.1. The van der Waals surface area contributed by atoms with Crippen LogP contribution in [0.3, 0.4) is 0 Å². The maximum atomic E-state index is 13.3. The molecule has 0 aliphatic carbocycles. The molecule has 11 heteroatoms. The van der Waals surface area contributed by atoms with Crippen molar-refractivity contribution in [2.45, 2.75) is 17.3 Å². The molecule has 0 spiro atoms. The second kappa shape index (κ2) is 9.99. The van der Waals surface area contributed by atoms with Gasteiger partial charge in [0.25, 0.3) is 0 Å². The lowest BCUT2D eigenvalue weighted by Gasteiger charge is -2.19. The lowest BCUT2D eigenvalue weighted by atomic mass is 10.0. The van der Waals surface area contributed by atoms with E-state index in [2.05, 4.69) is 15.5 Å². The second-order valence-electron chi connectivity index (χ2n) is 8.52. The Morgan fingerprint density at radius 1 is 1.08 bits per heavy atom. The smallest absolute Gasteiger partial charge is 0.341 e. The highest BCUT2D eigenvalue weighted by Crippen LogP contribution is 2.40. The summed E-state index contributed by atoms with van der Waals surface area (Å²) in [6.07, 6.45) is 0. The fourth-order valence-corrected chi connectivity index (χ4v) is 6.12. The van der Waals surface area contributed by atoms with Crippen LogP contribution in [-0.4, -0.2) is 52.0 Å². The number of hydrogen-bond donors (Lipinski definition) is 1. The highest BCUT2D eigenvalue weighted by molar-refractivity contribution is 8.00. The fourth-order valence-electron chi connectivity index (χ4n) is 4.29. The molecule has 0 fully saturated rings. The van der Waals surface area contributed by atoms with E-state index in [0.717, 1.165) is 16.5 Å². The third-order valence-electron chi connectivity index (χ3n) is 6.17. The normalized spacial score (nSPS) is 13.4. The number of nitrogens with zero attached hydrogens (tertiary/aromatic N) is 3. The van der Waals surface area contributed by atoms with Crippen molar-refractivity contribution >= 4 is 56.5 Å². The number of methoxy groups -OCH3 is 1. The number of thiophene rings is 1. The first-order valence-electron chi connectivity index (χ1n) is 11.8. The Labute approximate surface area is 225 Å². The average molecular weight is 547 g/mol. The lowest BCUT2D eigenvalue weighted by molar-refractivity contribution is -0.115. The van der Waals surface area contributed by atoms with Crippen LogP contribution in [0.15, 0.2) is 65.1 Å². The Morgan fingerprint density at radius 2 is 1.89 bits per heavy atom. The van der Waals surface area contributed by atoms with Crippen LogP contribution in [0.2, 0.25) is 0 Å². The first kappa shape index (κ1) is 24.3. The zero-order valence-electron chi connectivity index (χ0n) is 20.5. The van der Waals surface area contributed by atoms with Crippen LogP contribution in [0.1, 0.15) is 17.3 Å². The number of pyridine rings is 1. The van der Waals surface area contributed by atoms with Crippen molar-refractivity contribution in [3.8, 4) is 22.6 Å². The van der Waals surface area contributed by atoms with E-state index in [4.69, 9.17) is 14.2 Å². The average Bonchev–Trinajstić information content (AvgIpc) is 3.56. The molecular formula is C27H22N4O5S2. The summed E-state index contributed by atoms with van der Waals surface area (Å²) in [5, 5.41) is 14.9. The van der Waals surface area contributed by atoms with Gasteiger partial charge in [0, 0.05) is 10.9 Å². The number of ether oxygens (including phenoxy) is 3. The molecule has 1 unspecified atom stereocenters. The number of esters is 1. The molecule has 4 heterocycles. The molecule has 1 aliphatic rings. The van der Waals surface area contributed by atoms with E-state index in [1.165, 1.54) is 30.2 Å². The summed E-state index contributed by atoms with van der Waals surface area (Å²) in [5.74, 6) is 0.455. The number of hydrogen-bond acceptors (Lipinski definition) is 9. The molecule has 3 aromatic heterocycles. The Balaban J connectivity index is 1.27. The van der Waals surface area contributed by atoms with Gasteiger partial charge in [0.15, 0.2) is 22.3 Å². The topological polar surface area (TPSA) is 104 Å². The van der Waals surface area contributed by atoms with Crippen LogP contribution in [0.4, 0.5) is 5.00 Å². The quantitative estimate of drug-likeness (QED) is 0.226. The Hall–Kier alpha value is -4.09. The van der Waals surface area contributed by atoms with Gasteiger partial charge in [-0.25, -0.2) is 4.79 Å². The van der Waals surface area contributed by atoms with Crippen LogP contribution < -0.4 is 14.8 Å². The number of rotatable bonds is 6. The maximum absolute atomic E-state index is 13.3. The molecule has 38 heavy (non-hydrogen) atoms. The Morgan fingerprint density at radius 3 is 2.74 bits per heavy atom. The van der Waals surface area contributed by atoms with Crippen molar-refractivity contribution in [3.63, 3.8) is 0 Å². The van der Waals surface area contributed by atoms with Crippen LogP contribution in [0.5, 0.6) is 11.5 Å². The van der Waals surface area contributed by atoms with Gasteiger partial charge < -0.3 is 19.5 Å². The van der Waals surface area contributed by atoms with Crippen LogP contribution in [0.25, 0.3) is 27.7 Å². The fraction of sp³-hybridized carbons (Fsp3) is 0.185. The first-order valence-corrected chi connectivity index (χ1v) is 13.6. The summed E-state index contributed by atoms with van der Waals surface area (Å²) in [6, 6.07) is 17.3. The third kappa shape index (κ3) is 4.33. The monoisotopic (exact) mass is 546 g/mol. The summed E-state index contributed by atoms with van der Waals surface area (Å²) < 4.78 is 18.3. The Kier molecular flexibility index (Phi) is 6.38. The van der Waals surface area contributed by atoms with Crippen LogP contribution in [0, 0.1) is 0 Å². The number of aromatic nitrogens is 3. The van der Waals surface area contributed by atoms with Gasteiger partial charge in [0.2, 0.25) is 5.91 Å². The van der Waals surface area contributed by atoms with E-state index >= 15 is 0 Å². The number of benzene rings is 2. The number of amides is 1. The molecule has 1 N–H and O–H groups in total. The molecule has 192 valence electrons. The van der Waals surface area contributed by atoms with Crippen molar-refractivity contribution in [1.29, 1.82) is 0 Å². The van der Waals surface area contributed by atoms with E-state index in [-0.39, 0.29) is 5.91 Å². The van der Waals surface area contributed by atoms with Crippen molar-refractivity contribution in [2.24, 2.45) is 0 Å². The molecule has 1 atom stereocenters. The number of nitrogens with one attached hydrogen (secondary N) is 1. The molecule has 5 aromatic rings. The number of carbonyl (C=O) groups is 2. The number of anilines is 1. The van der Waals surface area contributed by atoms with E-state index < -0.39 is 11.2 Å². The minimum Gasteiger partial charge on any atom is -0.486 e. The predicted octanol–water partition coefficient (Wildman–Crippen LogP) is 5.29. The number of fused-ring (bicyclic) bond motifs is 4. The van der Waals surface area contributed by atoms with E-state index in [1.54, 1.807) is 6.92 Å². The minimum absolute atomic E-state index is 0.271. The van der Waals surface area contributed by atoms with Gasteiger partial charge >= 0.3 is 5.97 Å². The molecule has 1 amide bonds. The number of thioether (sulfide) groups is 1. The summed E-state index contributed by atoms with van der Waals surface area (Å²) in [7, 11) is 1.32. The van der Waals surface area contributed by atoms with E-state index in [0.29, 0.717) is 51.6 Å². The number of para-hydroxylation sites is 1. The minimum atomic E-state index is -0.540. The second-order valence-corrected chi connectivity index (χ2v) is 10.7. The summed E-state index contributed by atoms with van der Waals surface area (Å²) in [5.41, 5.74) is 3.35. The van der Waals surface area contributed by atoms with E-state index in [9.17, 15) is 9.59 Å². The zero-order chi connectivity index (χ0) is 26.2. The van der Waals surface area contributed by atoms with Crippen molar-refractivity contribution in [3.05, 3.63) is 65.5 Å². The van der Waals surface area contributed by atoms with Crippen molar-refractivity contribution in [1.82, 2.24) is 14.6 Å². The zero-order valence-corrected chi connectivity index (χ0v) is 22.1. The van der Waals surface area contributed by atoms with Gasteiger partial charge in [0.1, 0.15) is 23.8 Å². The highest BCUT2D eigenvalue weighted by Gasteiger charge is 2.26. The lowest BCUT2D eigenvalue weighted by Crippen LogP contribution is -2.23. The third-order valence-corrected chi connectivity index (χ3v) is 8.11. The van der Waals surface area contributed by atoms with Gasteiger partial charge in [-0.3, -0.25) is 9.20 Å². The van der Waals surface area contributed by atoms with Crippen molar-refractivity contribution in [2.75, 3.05) is 25.6 Å². The Bertz CT molecular complexity index is 1700. The molecule has 1 aliphatic heterocycles. The van der Waals surface area contributed by atoms with Gasteiger partial charge in [-0.05, 0) is 48.2 Å². The molecule has 0 saturated carbocycles. The summed E-state index contributed by atoms with van der Waals surface area (Å²) in [6.45, 7) is 2.74. The van der Waals surface area contributed by atoms with Crippen molar-refractivity contribution < 1.29 is 23.8 Å². The predicted molar refractivity (Wildman–Crippen MR) is 147 cm³/mol. The largest absolute Gasteiger partial charge is 0.486 e. The van der Waals surface area contributed by atoms with Crippen LogP contribution >= 0.6 is 23.1 Å². The molecular weight excluding hydrogens is 524 g/mol. The molecule has 0 saturated heterocycles. The highest BCUT2D eigenvalue weighted by atomic mass is 32.2. The van der Waals surface area contributed by atoms with Gasteiger partial charge in [0.05, 0.1) is 17.9 Å². The first-order chi connectivity index (χ1) is 18.5. The van der Waals surface area contributed by atoms with E-state index in [1.807, 2.05) is 64.4 Å². The molecule has 6 rings (SSSR count). The van der Waals surface area contributed by atoms with Gasteiger partial charge in [-0.15, -0.1) is 21.5 Å².